The van der Waals surface area contributed by atoms with Crippen LogP contribution >= 0.6 is 0 Å². The van der Waals surface area contributed by atoms with Crippen molar-refractivity contribution in [1.82, 2.24) is 4.90 Å². The number of carbonyl (C=O) groups excluding carboxylic acids is 1. The Balaban J connectivity index is 1.94. The molecule has 144 valence electrons. The molecule has 0 aliphatic rings. The van der Waals surface area contributed by atoms with Gasteiger partial charge in [-0.15, -0.1) is 0 Å². The molecular weight excluding hydrogens is 334 g/mol. The van der Waals surface area contributed by atoms with Crippen LogP contribution in [-0.2, 0) is 11.2 Å². The zero-order chi connectivity index (χ0) is 19.6. The third kappa shape index (κ3) is 6.69. The Hall–Kier alpha value is -2.39. The summed E-state index contributed by atoms with van der Waals surface area (Å²) < 4.78 is 5.42. The van der Waals surface area contributed by atoms with Gasteiger partial charge in [-0.2, -0.15) is 0 Å². The highest BCUT2D eigenvalue weighted by molar-refractivity contribution is 5.90. The lowest BCUT2D eigenvalue weighted by Crippen LogP contribution is -2.25. The third-order valence-electron chi connectivity index (χ3n) is 4.71. The van der Waals surface area contributed by atoms with E-state index in [1.807, 2.05) is 43.1 Å². The van der Waals surface area contributed by atoms with Crippen LogP contribution in [0.4, 0.5) is 0 Å². The van der Waals surface area contributed by atoms with E-state index in [9.17, 15) is 4.79 Å². The van der Waals surface area contributed by atoms with Crippen LogP contribution in [-0.4, -0.2) is 31.0 Å². The summed E-state index contributed by atoms with van der Waals surface area (Å²) in [6.45, 7) is 9.46. The average molecular weight is 366 g/mol. The minimum atomic E-state index is -0.375. The van der Waals surface area contributed by atoms with Crippen molar-refractivity contribution in [3.63, 3.8) is 0 Å². The molecule has 2 aromatic carbocycles. The van der Waals surface area contributed by atoms with Gasteiger partial charge in [0, 0.05) is 12.1 Å². The molecule has 0 atom stereocenters. The lowest BCUT2D eigenvalue weighted by Gasteiger charge is -2.14. The van der Waals surface area contributed by atoms with E-state index in [-0.39, 0.29) is 5.97 Å². The summed E-state index contributed by atoms with van der Waals surface area (Å²) in [6, 6.07) is 16.3. The molecule has 0 unspecified atom stereocenters. The number of hydrogen-bond acceptors (Lipinski definition) is 3. The number of unbranched alkanes of at least 4 members (excludes halogenated alkanes) is 2. The van der Waals surface area contributed by atoms with Crippen molar-refractivity contribution in [1.29, 1.82) is 0 Å². The SMILES string of the molecule is C=C(CN(C)CC)C(=O)Oc1ccc(-c2ccc(CCCCC)cc2)cc1. The second-order valence-corrected chi connectivity index (χ2v) is 7.00. The van der Waals surface area contributed by atoms with Crippen LogP contribution in [0.15, 0.2) is 60.7 Å². The van der Waals surface area contributed by atoms with E-state index >= 15 is 0 Å². The number of nitrogens with zero attached hydrogens (tertiary/aromatic N) is 1. The molecule has 0 bridgehead atoms. The van der Waals surface area contributed by atoms with Crippen LogP contribution in [0.3, 0.4) is 0 Å². The van der Waals surface area contributed by atoms with Crippen molar-refractivity contribution >= 4 is 5.97 Å². The van der Waals surface area contributed by atoms with Crippen molar-refractivity contribution in [2.75, 3.05) is 20.1 Å². The molecule has 0 N–H and O–H groups in total. The Morgan fingerprint density at radius 3 is 2.11 bits per heavy atom. The maximum absolute atomic E-state index is 12.1. The Labute approximate surface area is 163 Å². The number of aryl methyl sites for hydroxylation is 1. The van der Waals surface area contributed by atoms with E-state index in [0.717, 1.165) is 18.5 Å². The Kier molecular flexibility index (Phi) is 8.28. The van der Waals surface area contributed by atoms with Gasteiger partial charge < -0.3 is 9.64 Å². The van der Waals surface area contributed by atoms with Crippen molar-refractivity contribution in [3.05, 3.63) is 66.2 Å². The molecule has 0 saturated heterocycles. The largest absolute Gasteiger partial charge is 0.423 e. The number of benzene rings is 2. The van der Waals surface area contributed by atoms with Crippen LogP contribution in [0.25, 0.3) is 11.1 Å². The van der Waals surface area contributed by atoms with Crippen molar-refractivity contribution in [2.45, 2.75) is 39.5 Å². The summed E-state index contributed by atoms with van der Waals surface area (Å²) >= 11 is 0. The first kappa shape index (κ1) is 20.9. The van der Waals surface area contributed by atoms with Crippen LogP contribution < -0.4 is 4.74 Å². The number of ether oxygens (including phenoxy) is 1. The fraction of sp³-hybridized carbons (Fsp3) is 0.375. The van der Waals surface area contributed by atoms with Gasteiger partial charge in [-0.25, -0.2) is 4.79 Å². The van der Waals surface area contributed by atoms with Crippen LogP contribution in [0.1, 0.15) is 38.7 Å². The van der Waals surface area contributed by atoms with Gasteiger partial charge in [-0.05, 0) is 55.3 Å². The first-order chi connectivity index (χ1) is 13.0. The van der Waals surface area contributed by atoms with Gasteiger partial charge in [0.25, 0.3) is 0 Å². The van der Waals surface area contributed by atoms with E-state index in [2.05, 4.69) is 37.8 Å². The molecule has 27 heavy (non-hydrogen) atoms. The van der Waals surface area contributed by atoms with Gasteiger partial charge in [0.15, 0.2) is 0 Å². The number of likely N-dealkylation sites (N-methyl/N-ethyl adjacent to an activating group) is 1. The highest BCUT2D eigenvalue weighted by atomic mass is 16.5. The minimum absolute atomic E-state index is 0.375. The molecule has 0 radical (unpaired) electrons. The minimum Gasteiger partial charge on any atom is -0.423 e. The molecule has 0 heterocycles. The average Bonchev–Trinajstić information content (AvgIpc) is 2.69. The smallest absolute Gasteiger partial charge is 0.340 e. The molecule has 0 aromatic heterocycles. The highest BCUT2D eigenvalue weighted by Gasteiger charge is 2.11. The van der Waals surface area contributed by atoms with Crippen LogP contribution in [0, 0.1) is 0 Å². The molecule has 2 rings (SSSR count). The fourth-order valence-corrected chi connectivity index (χ4v) is 2.84. The maximum atomic E-state index is 12.1. The van der Waals surface area contributed by atoms with E-state index in [1.54, 1.807) is 0 Å². The number of esters is 1. The predicted octanol–water partition coefficient (Wildman–Crippen LogP) is 5.50. The molecule has 0 aliphatic carbocycles. The first-order valence-electron chi connectivity index (χ1n) is 9.81. The number of carbonyl (C=O) groups is 1. The quantitative estimate of drug-likeness (QED) is 0.241. The Morgan fingerprint density at radius 2 is 1.56 bits per heavy atom. The van der Waals surface area contributed by atoms with E-state index < -0.39 is 0 Å². The normalized spacial score (nSPS) is 10.8. The lowest BCUT2D eigenvalue weighted by molar-refractivity contribution is -0.130. The summed E-state index contributed by atoms with van der Waals surface area (Å²) in [5, 5.41) is 0. The number of rotatable bonds is 10. The standard InChI is InChI=1S/C24H31NO2/c1-5-7-8-9-20-10-12-21(13-11-20)22-14-16-23(17-15-22)27-24(26)19(3)18-25(4)6-2/h10-17H,3,5-9,18H2,1-2,4H3. The van der Waals surface area contributed by atoms with Crippen molar-refractivity contribution < 1.29 is 9.53 Å². The summed E-state index contributed by atoms with van der Waals surface area (Å²) in [4.78, 5) is 14.1. The van der Waals surface area contributed by atoms with Crippen LogP contribution in [0.2, 0.25) is 0 Å². The summed E-state index contributed by atoms with van der Waals surface area (Å²) in [5.41, 5.74) is 4.12. The second kappa shape index (κ2) is 10.7. The second-order valence-electron chi connectivity index (χ2n) is 7.00. The lowest BCUT2D eigenvalue weighted by atomic mass is 10.0. The van der Waals surface area contributed by atoms with Crippen molar-refractivity contribution in [3.8, 4) is 16.9 Å². The van der Waals surface area contributed by atoms with Gasteiger partial charge in [0.2, 0.25) is 0 Å². The summed E-state index contributed by atoms with van der Waals surface area (Å²) in [7, 11) is 1.95. The first-order valence-corrected chi connectivity index (χ1v) is 9.81. The monoisotopic (exact) mass is 365 g/mol. The highest BCUT2D eigenvalue weighted by Crippen LogP contribution is 2.23. The van der Waals surface area contributed by atoms with E-state index in [0.29, 0.717) is 17.9 Å². The molecule has 2 aromatic rings. The summed E-state index contributed by atoms with van der Waals surface area (Å²) in [5.74, 6) is 0.166. The van der Waals surface area contributed by atoms with Gasteiger partial charge in [0.1, 0.15) is 5.75 Å². The molecule has 0 amide bonds. The van der Waals surface area contributed by atoms with Gasteiger partial charge in [-0.1, -0.05) is 69.7 Å². The topological polar surface area (TPSA) is 29.5 Å². The summed E-state index contributed by atoms with van der Waals surface area (Å²) in [6.07, 6.45) is 4.91. The molecule has 0 fully saturated rings. The van der Waals surface area contributed by atoms with Gasteiger partial charge in [-0.3, -0.25) is 0 Å². The van der Waals surface area contributed by atoms with Gasteiger partial charge in [0.05, 0.1) is 0 Å². The van der Waals surface area contributed by atoms with Crippen LogP contribution in [0.5, 0.6) is 5.75 Å². The molecule has 3 nitrogen and oxygen atoms in total. The number of hydrogen-bond donors (Lipinski definition) is 0. The van der Waals surface area contributed by atoms with Crippen molar-refractivity contribution in [2.24, 2.45) is 0 Å². The predicted molar refractivity (Wildman–Crippen MR) is 113 cm³/mol. The molecule has 0 saturated carbocycles. The zero-order valence-electron chi connectivity index (χ0n) is 16.8. The maximum Gasteiger partial charge on any atom is 0.340 e. The molecule has 0 aliphatic heterocycles. The van der Waals surface area contributed by atoms with E-state index in [4.69, 9.17) is 4.74 Å². The third-order valence-corrected chi connectivity index (χ3v) is 4.71. The molecule has 3 heteroatoms. The van der Waals surface area contributed by atoms with Gasteiger partial charge >= 0.3 is 5.97 Å². The fourth-order valence-electron chi connectivity index (χ4n) is 2.84. The van der Waals surface area contributed by atoms with E-state index in [1.165, 1.54) is 30.4 Å². The molecule has 0 spiro atoms. The zero-order valence-corrected chi connectivity index (χ0v) is 16.8. The Morgan fingerprint density at radius 1 is 0.963 bits per heavy atom. The molecular formula is C24H31NO2. The Bertz CT molecular complexity index is 732.